The lowest BCUT2D eigenvalue weighted by Crippen LogP contribution is -2.39. The van der Waals surface area contributed by atoms with Gasteiger partial charge in [-0.1, -0.05) is 6.92 Å². The fourth-order valence-electron chi connectivity index (χ4n) is 3.51. The van der Waals surface area contributed by atoms with E-state index in [0.717, 1.165) is 36.5 Å². The summed E-state index contributed by atoms with van der Waals surface area (Å²) in [5, 5.41) is 11.1. The number of hydrogen-bond acceptors (Lipinski definition) is 4. The van der Waals surface area contributed by atoms with Crippen molar-refractivity contribution in [3.8, 4) is 0 Å². The molecule has 1 saturated heterocycles. The maximum Gasteiger partial charge on any atom is 0.343 e. The fourth-order valence-corrected chi connectivity index (χ4v) is 3.51. The molecule has 2 aromatic heterocycles. The molecule has 1 fully saturated rings. The van der Waals surface area contributed by atoms with E-state index in [2.05, 4.69) is 22.2 Å². The molecular formula is C17H26N6O2. The third-order valence-corrected chi connectivity index (χ3v) is 5.04. The van der Waals surface area contributed by atoms with Gasteiger partial charge in [0, 0.05) is 38.3 Å². The van der Waals surface area contributed by atoms with Gasteiger partial charge in [-0.25, -0.2) is 9.89 Å². The molecule has 0 spiro atoms. The average molecular weight is 346 g/mol. The predicted octanol–water partition coefficient (Wildman–Crippen LogP) is 0.836. The molecule has 0 atom stereocenters. The van der Waals surface area contributed by atoms with Gasteiger partial charge in [0.1, 0.15) is 5.82 Å². The summed E-state index contributed by atoms with van der Waals surface area (Å²) in [5.41, 5.74) is 1.81. The molecule has 0 unspecified atom stereocenters. The van der Waals surface area contributed by atoms with Gasteiger partial charge in [-0.05, 0) is 32.3 Å². The predicted molar refractivity (Wildman–Crippen MR) is 93.4 cm³/mol. The van der Waals surface area contributed by atoms with Crippen LogP contribution in [-0.4, -0.2) is 48.4 Å². The first-order valence-electron chi connectivity index (χ1n) is 8.98. The Bertz CT molecular complexity index is 794. The summed E-state index contributed by atoms with van der Waals surface area (Å²) in [5.74, 6) is 1.18. The van der Waals surface area contributed by atoms with Gasteiger partial charge in [-0.15, -0.1) is 0 Å². The van der Waals surface area contributed by atoms with Gasteiger partial charge < -0.3 is 4.90 Å². The first-order valence-corrected chi connectivity index (χ1v) is 8.98. The van der Waals surface area contributed by atoms with Crippen molar-refractivity contribution in [3.05, 3.63) is 33.8 Å². The molecular weight excluding hydrogens is 320 g/mol. The van der Waals surface area contributed by atoms with Crippen LogP contribution in [0.4, 0.5) is 0 Å². The maximum atomic E-state index is 12.6. The highest BCUT2D eigenvalue weighted by molar-refractivity contribution is 5.78. The minimum atomic E-state index is -0.154. The zero-order valence-electron chi connectivity index (χ0n) is 15.2. The summed E-state index contributed by atoms with van der Waals surface area (Å²) in [6, 6.07) is 2.01. The molecule has 25 heavy (non-hydrogen) atoms. The third kappa shape index (κ3) is 3.52. The summed E-state index contributed by atoms with van der Waals surface area (Å²) in [6.45, 7) is 6.02. The Labute approximate surface area is 146 Å². The number of aromatic nitrogens is 5. The molecule has 0 bridgehead atoms. The standard InChI is InChI=1S/C17H26N6O2/c1-4-13-10-14(21(3)20-13)11-15(24)22-8-6-12(7-9-22)16-18-19-17(25)23(16)5-2/h10,12H,4-9,11H2,1-3H3,(H,19,25). The number of H-pyrrole nitrogens is 1. The summed E-state index contributed by atoms with van der Waals surface area (Å²) in [6.07, 6.45) is 2.93. The molecule has 136 valence electrons. The number of carbonyl (C=O) groups is 1. The number of nitrogens with one attached hydrogen (secondary N) is 1. The van der Waals surface area contributed by atoms with E-state index in [0.29, 0.717) is 26.1 Å². The molecule has 0 aromatic carbocycles. The number of aromatic amines is 1. The number of rotatable bonds is 5. The number of likely N-dealkylation sites (tertiary alicyclic amines) is 1. The molecule has 8 heteroatoms. The van der Waals surface area contributed by atoms with E-state index >= 15 is 0 Å². The first kappa shape index (κ1) is 17.4. The van der Waals surface area contributed by atoms with Crippen molar-refractivity contribution in [2.24, 2.45) is 7.05 Å². The summed E-state index contributed by atoms with van der Waals surface area (Å²) in [4.78, 5) is 26.2. The molecule has 3 heterocycles. The van der Waals surface area contributed by atoms with Crippen LogP contribution in [0.5, 0.6) is 0 Å². The van der Waals surface area contributed by atoms with Crippen LogP contribution in [-0.2, 0) is 31.2 Å². The van der Waals surface area contributed by atoms with E-state index < -0.39 is 0 Å². The largest absolute Gasteiger partial charge is 0.343 e. The van der Waals surface area contributed by atoms with E-state index in [-0.39, 0.29) is 17.5 Å². The van der Waals surface area contributed by atoms with E-state index in [1.54, 1.807) is 9.25 Å². The van der Waals surface area contributed by atoms with Gasteiger partial charge in [-0.2, -0.15) is 10.2 Å². The number of hydrogen-bond donors (Lipinski definition) is 1. The van der Waals surface area contributed by atoms with Gasteiger partial charge in [-0.3, -0.25) is 14.0 Å². The van der Waals surface area contributed by atoms with Crippen LogP contribution in [0.15, 0.2) is 10.9 Å². The van der Waals surface area contributed by atoms with Crippen LogP contribution in [0.3, 0.4) is 0 Å². The maximum absolute atomic E-state index is 12.6. The van der Waals surface area contributed by atoms with Gasteiger partial charge in [0.2, 0.25) is 5.91 Å². The molecule has 2 aromatic rings. The van der Waals surface area contributed by atoms with Gasteiger partial charge in [0.15, 0.2) is 0 Å². The average Bonchev–Trinajstić information content (AvgIpc) is 3.17. The van der Waals surface area contributed by atoms with Gasteiger partial charge in [0.25, 0.3) is 0 Å². The van der Waals surface area contributed by atoms with Crippen LogP contribution in [0.2, 0.25) is 0 Å². The number of carbonyl (C=O) groups excluding carboxylic acids is 1. The molecule has 1 N–H and O–H groups in total. The topological polar surface area (TPSA) is 88.8 Å². The Kier molecular flexibility index (Phi) is 5.06. The van der Waals surface area contributed by atoms with Gasteiger partial charge in [0.05, 0.1) is 12.1 Å². The second-order valence-electron chi connectivity index (χ2n) is 6.57. The Balaban J connectivity index is 1.60. The molecule has 1 aliphatic heterocycles. The van der Waals surface area contributed by atoms with Crippen LogP contribution in [0.1, 0.15) is 49.8 Å². The van der Waals surface area contributed by atoms with Crippen molar-refractivity contribution < 1.29 is 4.79 Å². The summed E-state index contributed by atoms with van der Waals surface area (Å²) < 4.78 is 3.48. The zero-order chi connectivity index (χ0) is 18.0. The Morgan fingerprint density at radius 2 is 2.04 bits per heavy atom. The van der Waals surface area contributed by atoms with Crippen molar-refractivity contribution in [1.82, 2.24) is 29.4 Å². The lowest BCUT2D eigenvalue weighted by atomic mass is 9.95. The Morgan fingerprint density at radius 1 is 1.32 bits per heavy atom. The van der Waals surface area contributed by atoms with Crippen LogP contribution < -0.4 is 5.69 Å². The smallest absolute Gasteiger partial charge is 0.342 e. The second-order valence-corrected chi connectivity index (χ2v) is 6.57. The molecule has 1 aliphatic rings. The lowest BCUT2D eigenvalue weighted by molar-refractivity contribution is -0.131. The Hall–Kier alpha value is -2.38. The number of nitrogens with zero attached hydrogens (tertiary/aromatic N) is 5. The Morgan fingerprint density at radius 3 is 2.64 bits per heavy atom. The molecule has 0 aliphatic carbocycles. The minimum Gasteiger partial charge on any atom is -0.342 e. The molecule has 8 nitrogen and oxygen atoms in total. The monoisotopic (exact) mass is 346 g/mol. The lowest BCUT2D eigenvalue weighted by Gasteiger charge is -2.31. The molecule has 1 amide bonds. The highest BCUT2D eigenvalue weighted by atomic mass is 16.2. The van der Waals surface area contributed by atoms with Crippen LogP contribution >= 0.6 is 0 Å². The van der Waals surface area contributed by atoms with E-state index in [1.165, 1.54) is 0 Å². The molecule has 3 rings (SSSR count). The number of aryl methyl sites for hydroxylation is 2. The number of piperidine rings is 1. The van der Waals surface area contributed by atoms with Crippen molar-refractivity contribution in [2.45, 2.75) is 52.0 Å². The summed E-state index contributed by atoms with van der Waals surface area (Å²) >= 11 is 0. The highest BCUT2D eigenvalue weighted by Gasteiger charge is 2.27. The van der Waals surface area contributed by atoms with Crippen molar-refractivity contribution >= 4 is 5.91 Å². The zero-order valence-corrected chi connectivity index (χ0v) is 15.2. The van der Waals surface area contributed by atoms with Gasteiger partial charge >= 0.3 is 5.69 Å². The highest BCUT2D eigenvalue weighted by Crippen LogP contribution is 2.26. The minimum absolute atomic E-state index is 0.138. The van der Waals surface area contributed by atoms with Crippen molar-refractivity contribution in [3.63, 3.8) is 0 Å². The van der Waals surface area contributed by atoms with Crippen molar-refractivity contribution in [2.75, 3.05) is 13.1 Å². The third-order valence-electron chi connectivity index (χ3n) is 5.04. The van der Waals surface area contributed by atoms with E-state index in [4.69, 9.17) is 0 Å². The fraction of sp³-hybridized carbons (Fsp3) is 0.647. The van der Waals surface area contributed by atoms with Crippen molar-refractivity contribution in [1.29, 1.82) is 0 Å². The first-order chi connectivity index (χ1) is 12.0. The number of amides is 1. The molecule has 0 radical (unpaired) electrons. The van der Waals surface area contributed by atoms with E-state index in [1.807, 2.05) is 24.9 Å². The van der Waals surface area contributed by atoms with Crippen LogP contribution in [0, 0.1) is 0 Å². The summed E-state index contributed by atoms with van der Waals surface area (Å²) in [7, 11) is 1.88. The van der Waals surface area contributed by atoms with E-state index in [9.17, 15) is 9.59 Å². The normalized spacial score (nSPS) is 15.7. The SMILES string of the molecule is CCc1cc(CC(=O)N2CCC(c3n[nH]c(=O)n3CC)CC2)n(C)n1. The quantitative estimate of drug-likeness (QED) is 0.869. The van der Waals surface area contributed by atoms with Crippen LogP contribution in [0.25, 0.3) is 0 Å². The molecule has 0 saturated carbocycles. The second kappa shape index (κ2) is 7.25.